The topological polar surface area (TPSA) is 75.8 Å². The fourth-order valence-electron chi connectivity index (χ4n) is 3.45. The lowest BCUT2D eigenvalue weighted by molar-refractivity contribution is -0.148. The summed E-state index contributed by atoms with van der Waals surface area (Å²) in [5, 5.41) is 15.6. The minimum atomic E-state index is -0.112. The quantitative estimate of drug-likeness (QED) is 0.363. The molecule has 0 N–H and O–H groups in total. The van der Waals surface area contributed by atoms with Gasteiger partial charge in [-0.25, -0.2) is 0 Å². The van der Waals surface area contributed by atoms with Gasteiger partial charge in [0.2, 0.25) is 5.95 Å². The van der Waals surface area contributed by atoms with Crippen LogP contribution in [-0.4, -0.2) is 58.7 Å². The van der Waals surface area contributed by atoms with Crippen LogP contribution in [0.5, 0.6) is 0 Å². The van der Waals surface area contributed by atoms with Crippen LogP contribution in [0.15, 0.2) is 42.0 Å². The maximum absolute atomic E-state index is 12.1. The lowest BCUT2D eigenvalue weighted by Crippen LogP contribution is -2.38. The molecule has 0 atom stereocenters. The first-order chi connectivity index (χ1) is 14.5. The number of hydrazone groups is 1. The van der Waals surface area contributed by atoms with Gasteiger partial charge in [0.15, 0.2) is 5.82 Å². The molecule has 0 amide bonds. The Balaban J connectivity index is 1.85. The van der Waals surface area contributed by atoms with Gasteiger partial charge < -0.3 is 9.64 Å². The zero-order chi connectivity index (χ0) is 21.5. The smallest absolute Gasteiger partial charge is 0.309 e. The number of hydrogen-bond donors (Lipinski definition) is 0. The molecule has 1 saturated heterocycles. The van der Waals surface area contributed by atoms with Crippen molar-refractivity contribution in [1.82, 2.24) is 19.8 Å². The molecule has 0 unspecified atom stereocenters. The summed E-state index contributed by atoms with van der Waals surface area (Å²) in [5.74, 6) is 1.32. The number of anilines is 1. The van der Waals surface area contributed by atoms with E-state index in [1.54, 1.807) is 17.3 Å². The summed E-state index contributed by atoms with van der Waals surface area (Å²) in [6.45, 7) is 7.78. The Bertz CT molecular complexity index is 887. The molecule has 160 valence electrons. The van der Waals surface area contributed by atoms with Gasteiger partial charge in [-0.15, -0.1) is 10.2 Å². The molecule has 0 bridgehead atoms. The minimum Gasteiger partial charge on any atom is -0.466 e. The van der Waals surface area contributed by atoms with Gasteiger partial charge in [-0.1, -0.05) is 18.2 Å². The first-order valence-electron chi connectivity index (χ1n) is 10.0. The molecule has 3 rings (SSSR count). The Morgan fingerprint density at radius 3 is 2.67 bits per heavy atom. The van der Waals surface area contributed by atoms with Gasteiger partial charge in [0, 0.05) is 31.4 Å². The molecule has 0 radical (unpaired) electrons. The fourth-order valence-corrected chi connectivity index (χ4v) is 3.58. The zero-order valence-electron chi connectivity index (χ0n) is 17.4. The molecule has 1 aliphatic rings. The van der Waals surface area contributed by atoms with E-state index in [-0.39, 0.29) is 11.9 Å². The van der Waals surface area contributed by atoms with Crippen LogP contribution in [0.2, 0.25) is 5.02 Å². The Labute approximate surface area is 181 Å². The molecule has 9 heteroatoms. The van der Waals surface area contributed by atoms with E-state index in [9.17, 15) is 4.79 Å². The highest BCUT2D eigenvalue weighted by Crippen LogP contribution is 2.27. The number of halogens is 1. The fraction of sp³-hybridized carbons (Fsp3) is 0.429. The van der Waals surface area contributed by atoms with Gasteiger partial charge >= 0.3 is 5.97 Å². The lowest BCUT2D eigenvalue weighted by atomic mass is 9.97. The number of aromatic nitrogens is 3. The van der Waals surface area contributed by atoms with Crippen molar-refractivity contribution in [3.05, 3.63) is 47.8 Å². The molecule has 1 aromatic heterocycles. The van der Waals surface area contributed by atoms with Crippen LogP contribution in [0.25, 0.3) is 5.69 Å². The second-order valence-corrected chi connectivity index (χ2v) is 7.49. The number of piperidine rings is 1. The number of allylic oxidation sites excluding steroid dienone is 1. The second-order valence-electron chi connectivity index (χ2n) is 7.06. The predicted octanol–water partition coefficient (Wildman–Crippen LogP) is 3.30. The third-order valence-electron chi connectivity index (χ3n) is 4.93. The van der Waals surface area contributed by atoms with Crippen LogP contribution in [-0.2, 0) is 16.1 Å². The van der Waals surface area contributed by atoms with E-state index in [2.05, 4.69) is 26.8 Å². The average molecular weight is 431 g/mol. The van der Waals surface area contributed by atoms with E-state index in [4.69, 9.17) is 16.3 Å². The standard InChI is InChI=1S/C21H27ClN6O2/c1-4-12-23-26(3)15-19-24-25-21(28(19)18-8-6-17(22)7-9-18)27-13-10-16(11-14-27)20(29)30-5-2/h4,6-9,12,16H,1,5,10-11,13-15H2,2-3H3/b23-12-. The molecule has 1 aliphatic heterocycles. The van der Waals surface area contributed by atoms with Crippen molar-refractivity contribution < 1.29 is 9.53 Å². The van der Waals surface area contributed by atoms with Crippen LogP contribution in [0.4, 0.5) is 5.95 Å². The third kappa shape index (κ3) is 5.18. The predicted molar refractivity (Wildman–Crippen MR) is 118 cm³/mol. The molecule has 1 fully saturated rings. The maximum atomic E-state index is 12.1. The summed E-state index contributed by atoms with van der Waals surface area (Å²) < 4.78 is 7.19. The van der Waals surface area contributed by atoms with E-state index < -0.39 is 0 Å². The lowest BCUT2D eigenvalue weighted by Gasteiger charge is -2.31. The second kappa shape index (κ2) is 10.2. The monoisotopic (exact) mass is 430 g/mol. The number of benzene rings is 1. The summed E-state index contributed by atoms with van der Waals surface area (Å²) in [6.07, 6.45) is 4.71. The van der Waals surface area contributed by atoms with Crippen LogP contribution < -0.4 is 4.90 Å². The zero-order valence-corrected chi connectivity index (χ0v) is 18.1. The number of rotatable bonds is 8. The van der Waals surface area contributed by atoms with Gasteiger partial charge in [0.05, 0.1) is 24.8 Å². The Hall–Kier alpha value is -2.87. The first kappa shape index (κ1) is 21.8. The van der Waals surface area contributed by atoms with Crippen molar-refractivity contribution >= 4 is 29.7 Å². The summed E-state index contributed by atoms with van der Waals surface area (Å²) in [7, 11) is 1.87. The van der Waals surface area contributed by atoms with Crippen molar-refractivity contribution in [2.75, 3.05) is 31.6 Å². The molecule has 0 saturated carbocycles. The van der Waals surface area contributed by atoms with Gasteiger partial charge in [-0.2, -0.15) is 5.10 Å². The first-order valence-corrected chi connectivity index (χ1v) is 10.4. The number of carbonyl (C=O) groups is 1. The number of nitrogens with zero attached hydrogens (tertiary/aromatic N) is 6. The van der Waals surface area contributed by atoms with Crippen LogP contribution in [0, 0.1) is 5.92 Å². The molecule has 0 spiro atoms. The van der Waals surface area contributed by atoms with Crippen LogP contribution >= 0.6 is 11.6 Å². The van der Waals surface area contributed by atoms with Crippen molar-refractivity contribution in [1.29, 1.82) is 0 Å². The van der Waals surface area contributed by atoms with Crippen LogP contribution in [0.1, 0.15) is 25.6 Å². The minimum absolute atomic E-state index is 0.0630. The summed E-state index contributed by atoms with van der Waals surface area (Å²) in [6, 6.07) is 7.57. The highest BCUT2D eigenvalue weighted by Gasteiger charge is 2.29. The summed E-state index contributed by atoms with van der Waals surface area (Å²) in [5.41, 5.74) is 0.919. The van der Waals surface area contributed by atoms with Gasteiger partial charge in [-0.05, 0) is 50.1 Å². The number of carbonyl (C=O) groups excluding carboxylic acids is 1. The van der Waals surface area contributed by atoms with E-state index in [1.165, 1.54) is 0 Å². The molecule has 8 nitrogen and oxygen atoms in total. The average Bonchev–Trinajstić information content (AvgIpc) is 3.16. The Morgan fingerprint density at radius 1 is 1.33 bits per heavy atom. The molecule has 0 aliphatic carbocycles. The molecule has 2 aromatic rings. The molecule has 30 heavy (non-hydrogen) atoms. The summed E-state index contributed by atoms with van der Waals surface area (Å²) in [4.78, 5) is 14.2. The van der Waals surface area contributed by atoms with Crippen molar-refractivity contribution in [3.8, 4) is 5.69 Å². The SMILES string of the molecule is C=C/C=N\N(C)Cc1nnc(N2CCC(C(=O)OCC)CC2)n1-c1ccc(Cl)cc1. The molecular formula is C21H27ClN6O2. The largest absolute Gasteiger partial charge is 0.466 e. The Morgan fingerprint density at radius 2 is 2.03 bits per heavy atom. The van der Waals surface area contributed by atoms with E-state index in [0.717, 1.165) is 30.3 Å². The highest BCUT2D eigenvalue weighted by molar-refractivity contribution is 6.30. The Kier molecular flexibility index (Phi) is 7.46. The number of hydrogen-bond acceptors (Lipinski definition) is 7. The van der Waals surface area contributed by atoms with Gasteiger partial charge in [0.25, 0.3) is 0 Å². The van der Waals surface area contributed by atoms with E-state index in [1.807, 2.05) is 42.8 Å². The van der Waals surface area contributed by atoms with Crippen molar-refractivity contribution in [2.24, 2.45) is 11.0 Å². The van der Waals surface area contributed by atoms with Gasteiger partial charge in [-0.3, -0.25) is 14.4 Å². The summed E-state index contributed by atoms with van der Waals surface area (Å²) >= 11 is 6.08. The van der Waals surface area contributed by atoms with E-state index in [0.29, 0.717) is 31.3 Å². The normalized spacial score (nSPS) is 14.8. The molecule has 2 heterocycles. The van der Waals surface area contributed by atoms with Crippen molar-refractivity contribution in [2.45, 2.75) is 26.3 Å². The van der Waals surface area contributed by atoms with Gasteiger partial charge in [0.1, 0.15) is 0 Å². The van der Waals surface area contributed by atoms with E-state index >= 15 is 0 Å². The maximum Gasteiger partial charge on any atom is 0.309 e. The molecule has 1 aromatic carbocycles. The number of ether oxygens (including phenoxy) is 1. The van der Waals surface area contributed by atoms with Crippen LogP contribution in [0.3, 0.4) is 0 Å². The highest BCUT2D eigenvalue weighted by atomic mass is 35.5. The van der Waals surface area contributed by atoms with Crippen molar-refractivity contribution in [3.63, 3.8) is 0 Å². The number of esters is 1. The molecular weight excluding hydrogens is 404 g/mol. The third-order valence-corrected chi connectivity index (χ3v) is 5.19.